The standard InChI is InChI=1S/C54H58N4/c1-4-14-37(15-5-1)39-26-30-43(31-27-39)52-56-53(44-32-28-40(29-33-44)38-16-6-2-7-17-38)58-54(57-52)46-23-12-22-45(36-46)48-34-35-50(55-51(48)42-19-8-3-9-20-42)49-25-13-21-41-18-10-11-24-47(41)49/h1-8,11,13-16,19,21,23-24,26,28,30-32,34-35,38-41,44-45,47-49,51H,9-10,12,17-18,20,22,25,27,29,33,36H2. The second-order valence-electron chi connectivity index (χ2n) is 18.0. The Kier molecular flexibility index (Phi) is 11.0. The highest BCUT2D eigenvalue weighted by Gasteiger charge is 2.38. The van der Waals surface area contributed by atoms with Gasteiger partial charge in [0.2, 0.25) is 0 Å². The fourth-order valence-electron chi connectivity index (χ4n) is 11.2. The van der Waals surface area contributed by atoms with Gasteiger partial charge in [-0.1, -0.05) is 140 Å². The molecular formula is C54H58N4. The second-order valence-corrected chi connectivity index (χ2v) is 18.0. The zero-order valence-electron chi connectivity index (χ0n) is 33.9. The topological polar surface area (TPSA) is 51.0 Å². The number of hydrogen-bond donors (Lipinski definition) is 0. The minimum atomic E-state index is 0.195. The maximum absolute atomic E-state index is 5.76. The Bertz CT molecular complexity index is 2220. The number of benzene rings is 1. The first-order valence-electron chi connectivity index (χ1n) is 22.6. The molecule has 10 unspecified atom stereocenters. The number of rotatable bonds is 8. The summed E-state index contributed by atoms with van der Waals surface area (Å²) in [6.45, 7) is 0. The molecule has 0 saturated carbocycles. The molecule has 0 spiro atoms. The molecule has 2 aromatic rings. The Morgan fingerprint density at radius 3 is 2.34 bits per heavy atom. The molecule has 0 N–H and O–H groups in total. The van der Waals surface area contributed by atoms with E-state index in [0.717, 1.165) is 80.8 Å². The highest BCUT2D eigenvalue weighted by Crippen LogP contribution is 2.45. The SMILES string of the molecule is C1=CCCC(C2N=C(C3CC=CC4CCC=CC43)C=CC2C2CCC=C(c3nc(C4=CCC(c5ccccc5)C=C4)nc(C4C=CC(C5C=CC=CC5)CC4)n3)C2)=C1. The van der Waals surface area contributed by atoms with Gasteiger partial charge in [0, 0.05) is 35.0 Å². The number of hydrogen-bond acceptors (Lipinski definition) is 4. The average Bonchev–Trinajstić information content (AvgIpc) is 3.32. The summed E-state index contributed by atoms with van der Waals surface area (Å²) in [4.78, 5) is 21.7. The molecule has 294 valence electrons. The number of allylic oxidation sites excluding steroid dienone is 20. The Hall–Kier alpha value is -4.96. The first-order chi connectivity index (χ1) is 28.7. The maximum atomic E-state index is 5.76. The van der Waals surface area contributed by atoms with Crippen LogP contribution in [0.15, 0.2) is 156 Å². The third-order valence-electron chi connectivity index (χ3n) is 14.5. The summed E-state index contributed by atoms with van der Waals surface area (Å²) in [6, 6.07) is 11.0. The number of nitrogens with zero attached hydrogens (tertiary/aromatic N) is 4. The molecule has 8 aliphatic rings. The van der Waals surface area contributed by atoms with Gasteiger partial charge in [-0.15, -0.1) is 0 Å². The van der Waals surface area contributed by atoms with Crippen molar-refractivity contribution in [2.75, 3.05) is 0 Å². The van der Waals surface area contributed by atoms with E-state index < -0.39 is 0 Å². The first-order valence-corrected chi connectivity index (χ1v) is 22.6. The van der Waals surface area contributed by atoms with Crippen LogP contribution in [0.5, 0.6) is 0 Å². The summed E-state index contributed by atoms with van der Waals surface area (Å²) in [5.74, 6) is 6.89. The van der Waals surface area contributed by atoms with Crippen LogP contribution in [0, 0.1) is 41.4 Å². The molecule has 0 bridgehead atoms. The van der Waals surface area contributed by atoms with Crippen LogP contribution in [-0.2, 0) is 0 Å². The fourth-order valence-corrected chi connectivity index (χ4v) is 11.2. The minimum Gasteiger partial charge on any atom is -0.281 e. The molecule has 0 fully saturated rings. The molecular weight excluding hydrogens is 705 g/mol. The molecule has 10 atom stereocenters. The Morgan fingerprint density at radius 1 is 0.569 bits per heavy atom. The first kappa shape index (κ1) is 37.3. The number of aliphatic imine (C=N–C) groups is 1. The van der Waals surface area contributed by atoms with E-state index >= 15 is 0 Å². The van der Waals surface area contributed by atoms with Crippen molar-refractivity contribution < 1.29 is 0 Å². The van der Waals surface area contributed by atoms with Crippen LogP contribution in [0.2, 0.25) is 0 Å². The van der Waals surface area contributed by atoms with Crippen molar-refractivity contribution in [3.8, 4) is 0 Å². The summed E-state index contributed by atoms with van der Waals surface area (Å²) < 4.78 is 0. The van der Waals surface area contributed by atoms with Crippen molar-refractivity contribution in [3.05, 3.63) is 174 Å². The maximum Gasteiger partial charge on any atom is 0.163 e. The Labute approximate surface area is 346 Å². The minimum absolute atomic E-state index is 0.195. The molecule has 1 aromatic carbocycles. The van der Waals surface area contributed by atoms with E-state index in [2.05, 4.69) is 146 Å². The summed E-state index contributed by atoms with van der Waals surface area (Å²) in [7, 11) is 0. The Morgan fingerprint density at radius 2 is 1.52 bits per heavy atom. The van der Waals surface area contributed by atoms with Gasteiger partial charge in [0.25, 0.3) is 0 Å². The van der Waals surface area contributed by atoms with E-state index in [-0.39, 0.29) is 12.0 Å². The van der Waals surface area contributed by atoms with Crippen molar-refractivity contribution in [1.29, 1.82) is 0 Å². The van der Waals surface area contributed by atoms with Gasteiger partial charge in [-0.05, 0) is 129 Å². The van der Waals surface area contributed by atoms with Gasteiger partial charge in [-0.25, -0.2) is 15.0 Å². The van der Waals surface area contributed by atoms with Crippen LogP contribution in [0.25, 0.3) is 11.1 Å². The smallest absolute Gasteiger partial charge is 0.163 e. The van der Waals surface area contributed by atoms with Crippen molar-refractivity contribution in [1.82, 2.24) is 15.0 Å². The van der Waals surface area contributed by atoms with Crippen molar-refractivity contribution in [2.45, 2.75) is 94.9 Å². The number of dihydropyridines is 1. The average molecular weight is 763 g/mol. The van der Waals surface area contributed by atoms with Crippen molar-refractivity contribution in [2.24, 2.45) is 46.4 Å². The molecule has 1 aromatic heterocycles. The number of aromatic nitrogens is 3. The lowest BCUT2D eigenvalue weighted by molar-refractivity contribution is 0.323. The van der Waals surface area contributed by atoms with Crippen LogP contribution >= 0.6 is 0 Å². The predicted octanol–water partition coefficient (Wildman–Crippen LogP) is 12.8. The molecule has 0 saturated heterocycles. The van der Waals surface area contributed by atoms with Gasteiger partial charge in [0.1, 0.15) is 5.82 Å². The third kappa shape index (κ3) is 7.92. The van der Waals surface area contributed by atoms with E-state index in [1.165, 1.54) is 41.7 Å². The van der Waals surface area contributed by atoms with Crippen LogP contribution < -0.4 is 0 Å². The van der Waals surface area contributed by atoms with Gasteiger partial charge in [0.15, 0.2) is 11.6 Å². The van der Waals surface area contributed by atoms with Crippen LogP contribution in [0.1, 0.15) is 112 Å². The lowest BCUT2D eigenvalue weighted by Gasteiger charge is -2.40. The summed E-state index contributed by atoms with van der Waals surface area (Å²) in [5, 5.41) is 0. The molecule has 0 radical (unpaired) electrons. The highest BCUT2D eigenvalue weighted by atomic mass is 15.0. The fraction of sp³-hybridized carbons (Fsp3) is 0.407. The van der Waals surface area contributed by atoms with Gasteiger partial charge in [-0.2, -0.15) is 0 Å². The second kappa shape index (κ2) is 17.1. The molecule has 7 aliphatic carbocycles. The molecule has 4 nitrogen and oxygen atoms in total. The molecule has 4 heteroatoms. The monoisotopic (exact) mass is 762 g/mol. The van der Waals surface area contributed by atoms with E-state index in [1.54, 1.807) is 0 Å². The number of fused-ring (bicyclic) bond motifs is 1. The van der Waals surface area contributed by atoms with E-state index in [4.69, 9.17) is 19.9 Å². The van der Waals surface area contributed by atoms with Gasteiger partial charge >= 0.3 is 0 Å². The van der Waals surface area contributed by atoms with Gasteiger partial charge in [-0.3, -0.25) is 4.99 Å². The van der Waals surface area contributed by atoms with E-state index in [1.807, 2.05) is 0 Å². The summed E-state index contributed by atoms with van der Waals surface area (Å²) in [5.41, 5.74) is 6.58. The largest absolute Gasteiger partial charge is 0.281 e. The normalized spacial score (nSPS) is 33.9. The predicted molar refractivity (Wildman–Crippen MR) is 240 cm³/mol. The zero-order chi connectivity index (χ0) is 38.7. The van der Waals surface area contributed by atoms with E-state index in [0.29, 0.717) is 47.3 Å². The molecule has 10 rings (SSSR count). The zero-order valence-corrected chi connectivity index (χ0v) is 33.9. The van der Waals surface area contributed by atoms with Crippen LogP contribution in [0.4, 0.5) is 0 Å². The Balaban J connectivity index is 0.938. The molecule has 58 heavy (non-hydrogen) atoms. The molecule has 2 heterocycles. The van der Waals surface area contributed by atoms with Gasteiger partial charge < -0.3 is 0 Å². The molecule has 0 amide bonds. The highest BCUT2D eigenvalue weighted by molar-refractivity contribution is 5.98. The lowest BCUT2D eigenvalue weighted by Crippen LogP contribution is -2.36. The van der Waals surface area contributed by atoms with Crippen LogP contribution in [-0.4, -0.2) is 26.7 Å². The summed E-state index contributed by atoms with van der Waals surface area (Å²) in [6.07, 6.45) is 58.4. The summed E-state index contributed by atoms with van der Waals surface area (Å²) >= 11 is 0. The van der Waals surface area contributed by atoms with Crippen LogP contribution in [0.3, 0.4) is 0 Å². The molecule has 1 aliphatic heterocycles. The lowest BCUT2D eigenvalue weighted by atomic mass is 9.68. The van der Waals surface area contributed by atoms with Crippen molar-refractivity contribution in [3.63, 3.8) is 0 Å². The third-order valence-corrected chi connectivity index (χ3v) is 14.5. The van der Waals surface area contributed by atoms with Crippen molar-refractivity contribution >= 4 is 16.9 Å². The van der Waals surface area contributed by atoms with E-state index in [9.17, 15) is 0 Å². The quantitative estimate of drug-likeness (QED) is 0.252. The van der Waals surface area contributed by atoms with Gasteiger partial charge in [0.05, 0.1) is 6.04 Å².